The Balaban J connectivity index is 2.12. The lowest BCUT2D eigenvalue weighted by Gasteiger charge is -2.31. The second kappa shape index (κ2) is 6.29. The summed E-state index contributed by atoms with van der Waals surface area (Å²) in [6.45, 7) is 6.34. The number of rotatable bonds is 3. The average molecular weight is 282 g/mol. The van der Waals surface area contributed by atoms with Gasteiger partial charge < -0.3 is 9.64 Å². The van der Waals surface area contributed by atoms with Crippen molar-refractivity contribution < 1.29 is 9.53 Å². The molecule has 2 rings (SSSR count). The smallest absolute Gasteiger partial charge is 0.253 e. The molecule has 1 aliphatic heterocycles. The maximum atomic E-state index is 12.4. The first-order valence-electron chi connectivity index (χ1n) is 6.83. The van der Waals surface area contributed by atoms with E-state index in [4.69, 9.17) is 16.3 Å². The second-order valence-corrected chi connectivity index (χ2v) is 5.48. The zero-order valence-electron chi connectivity index (χ0n) is 11.5. The number of likely N-dealkylation sites (tertiary alicyclic amines) is 1. The summed E-state index contributed by atoms with van der Waals surface area (Å²) >= 11 is 6.12. The number of carbonyl (C=O) groups excluding carboxylic acids is 1. The van der Waals surface area contributed by atoms with Crippen molar-refractivity contribution >= 4 is 17.5 Å². The highest BCUT2D eigenvalue weighted by Gasteiger charge is 2.22. The minimum absolute atomic E-state index is 0.0662. The van der Waals surface area contributed by atoms with E-state index in [1.165, 1.54) is 6.42 Å². The Labute approximate surface area is 119 Å². The lowest BCUT2D eigenvalue weighted by atomic mass is 9.99. The molecule has 1 atom stereocenters. The van der Waals surface area contributed by atoms with Crippen LogP contribution < -0.4 is 4.74 Å². The van der Waals surface area contributed by atoms with E-state index >= 15 is 0 Å². The van der Waals surface area contributed by atoms with Crippen LogP contribution >= 0.6 is 11.6 Å². The van der Waals surface area contributed by atoms with Crippen molar-refractivity contribution in [3.8, 4) is 5.75 Å². The van der Waals surface area contributed by atoms with E-state index in [1.54, 1.807) is 18.2 Å². The molecule has 0 saturated carbocycles. The number of nitrogens with zero attached hydrogens (tertiary/aromatic N) is 1. The van der Waals surface area contributed by atoms with Crippen LogP contribution in [0.15, 0.2) is 18.2 Å². The molecule has 1 aromatic rings. The van der Waals surface area contributed by atoms with Crippen LogP contribution in [0, 0.1) is 5.92 Å². The molecular weight excluding hydrogens is 262 g/mol. The van der Waals surface area contributed by atoms with Gasteiger partial charge in [-0.1, -0.05) is 18.5 Å². The second-order valence-electron chi connectivity index (χ2n) is 5.08. The highest BCUT2D eigenvalue weighted by atomic mass is 35.5. The van der Waals surface area contributed by atoms with Crippen LogP contribution in [0.25, 0.3) is 0 Å². The van der Waals surface area contributed by atoms with Gasteiger partial charge in [-0.15, -0.1) is 0 Å². The predicted molar refractivity (Wildman–Crippen MR) is 76.9 cm³/mol. The van der Waals surface area contributed by atoms with E-state index in [0.29, 0.717) is 28.9 Å². The van der Waals surface area contributed by atoms with Gasteiger partial charge in [0.2, 0.25) is 0 Å². The third kappa shape index (κ3) is 3.41. The Bertz CT molecular complexity index is 461. The minimum Gasteiger partial charge on any atom is -0.492 e. The lowest BCUT2D eigenvalue weighted by molar-refractivity contribution is 0.0683. The fourth-order valence-corrected chi connectivity index (χ4v) is 2.70. The molecule has 1 aromatic carbocycles. The third-order valence-electron chi connectivity index (χ3n) is 3.42. The van der Waals surface area contributed by atoms with Crippen LogP contribution in [0.3, 0.4) is 0 Å². The quantitative estimate of drug-likeness (QED) is 0.847. The first-order valence-corrected chi connectivity index (χ1v) is 7.21. The molecule has 19 heavy (non-hydrogen) atoms. The molecule has 0 N–H and O–H groups in total. The monoisotopic (exact) mass is 281 g/mol. The van der Waals surface area contributed by atoms with E-state index in [9.17, 15) is 4.79 Å². The molecule has 0 unspecified atom stereocenters. The van der Waals surface area contributed by atoms with E-state index in [-0.39, 0.29) is 5.91 Å². The molecule has 3 nitrogen and oxygen atoms in total. The molecule has 1 heterocycles. The first kappa shape index (κ1) is 14.2. The standard InChI is InChI=1S/C15H20ClNO2/c1-3-19-14-7-6-12(9-13(14)16)15(18)17-8-4-5-11(2)10-17/h6-7,9,11H,3-5,8,10H2,1-2H3/t11-/m0/s1. The maximum absolute atomic E-state index is 12.4. The van der Waals surface area contributed by atoms with Crippen LogP contribution in [0.1, 0.15) is 37.0 Å². The van der Waals surface area contributed by atoms with Gasteiger partial charge in [0.05, 0.1) is 11.6 Å². The molecule has 1 saturated heterocycles. The number of amides is 1. The fraction of sp³-hybridized carbons (Fsp3) is 0.533. The predicted octanol–water partition coefficient (Wildman–Crippen LogP) is 3.61. The van der Waals surface area contributed by atoms with Gasteiger partial charge in [0.1, 0.15) is 5.75 Å². The zero-order valence-corrected chi connectivity index (χ0v) is 12.2. The van der Waals surface area contributed by atoms with Crippen LogP contribution in [0.4, 0.5) is 0 Å². The molecule has 0 aliphatic carbocycles. The molecule has 0 bridgehead atoms. The summed E-state index contributed by atoms with van der Waals surface area (Å²) in [6, 6.07) is 5.26. The molecule has 0 aromatic heterocycles. The van der Waals surface area contributed by atoms with Crippen molar-refractivity contribution in [2.45, 2.75) is 26.7 Å². The SMILES string of the molecule is CCOc1ccc(C(=O)N2CCC[C@H](C)C2)cc1Cl. The van der Waals surface area contributed by atoms with E-state index in [0.717, 1.165) is 19.5 Å². The fourth-order valence-electron chi connectivity index (χ4n) is 2.46. The van der Waals surface area contributed by atoms with Gasteiger partial charge in [-0.2, -0.15) is 0 Å². The Morgan fingerprint density at radius 1 is 1.53 bits per heavy atom. The summed E-state index contributed by atoms with van der Waals surface area (Å²) < 4.78 is 5.38. The van der Waals surface area contributed by atoms with Gasteiger partial charge in [-0.25, -0.2) is 0 Å². The Morgan fingerprint density at radius 2 is 2.32 bits per heavy atom. The highest BCUT2D eigenvalue weighted by molar-refractivity contribution is 6.32. The van der Waals surface area contributed by atoms with Crippen molar-refractivity contribution in [2.24, 2.45) is 5.92 Å². The molecule has 1 fully saturated rings. The van der Waals surface area contributed by atoms with Gasteiger partial charge in [0.25, 0.3) is 5.91 Å². The van der Waals surface area contributed by atoms with Gasteiger partial charge in [0, 0.05) is 18.7 Å². The summed E-state index contributed by atoms with van der Waals surface area (Å²) in [7, 11) is 0. The van der Waals surface area contributed by atoms with Crippen molar-refractivity contribution in [1.29, 1.82) is 0 Å². The number of benzene rings is 1. The van der Waals surface area contributed by atoms with E-state index in [1.807, 2.05) is 11.8 Å². The number of hydrogen-bond donors (Lipinski definition) is 0. The summed E-state index contributed by atoms with van der Waals surface area (Å²) in [4.78, 5) is 14.3. The Hall–Kier alpha value is -1.22. The molecule has 4 heteroatoms. The van der Waals surface area contributed by atoms with Gasteiger partial charge in [0.15, 0.2) is 0 Å². The summed E-state index contributed by atoms with van der Waals surface area (Å²) in [5.41, 5.74) is 0.641. The normalized spacial score (nSPS) is 19.3. The minimum atomic E-state index is 0.0662. The summed E-state index contributed by atoms with van der Waals surface area (Å²) in [5.74, 6) is 1.28. The molecule has 1 aliphatic rings. The van der Waals surface area contributed by atoms with Crippen molar-refractivity contribution in [3.05, 3.63) is 28.8 Å². The number of hydrogen-bond acceptors (Lipinski definition) is 2. The van der Waals surface area contributed by atoms with E-state index in [2.05, 4.69) is 6.92 Å². The van der Waals surface area contributed by atoms with Crippen LogP contribution in [0.2, 0.25) is 5.02 Å². The third-order valence-corrected chi connectivity index (χ3v) is 3.72. The van der Waals surface area contributed by atoms with Crippen molar-refractivity contribution in [3.63, 3.8) is 0 Å². The van der Waals surface area contributed by atoms with Gasteiger partial charge >= 0.3 is 0 Å². The van der Waals surface area contributed by atoms with Crippen molar-refractivity contribution in [2.75, 3.05) is 19.7 Å². The Morgan fingerprint density at radius 3 is 2.95 bits per heavy atom. The maximum Gasteiger partial charge on any atom is 0.253 e. The average Bonchev–Trinajstić information content (AvgIpc) is 2.40. The molecular formula is C15H20ClNO2. The summed E-state index contributed by atoms with van der Waals surface area (Å²) in [6.07, 6.45) is 2.28. The van der Waals surface area contributed by atoms with Gasteiger partial charge in [-0.3, -0.25) is 4.79 Å². The van der Waals surface area contributed by atoms with E-state index < -0.39 is 0 Å². The molecule has 0 spiro atoms. The molecule has 0 radical (unpaired) electrons. The zero-order chi connectivity index (χ0) is 13.8. The topological polar surface area (TPSA) is 29.5 Å². The largest absolute Gasteiger partial charge is 0.492 e. The number of piperidine rings is 1. The van der Waals surface area contributed by atoms with Crippen LogP contribution in [-0.2, 0) is 0 Å². The Kier molecular flexibility index (Phi) is 4.70. The number of carbonyl (C=O) groups is 1. The van der Waals surface area contributed by atoms with Crippen LogP contribution in [0.5, 0.6) is 5.75 Å². The molecule has 1 amide bonds. The van der Waals surface area contributed by atoms with Crippen LogP contribution in [-0.4, -0.2) is 30.5 Å². The number of halogens is 1. The lowest BCUT2D eigenvalue weighted by Crippen LogP contribution is -2.39. The number of ether oxygens (including phenoxy) is 1. The van der Waals surface area contributed by atoms with Gasteiger partial charge in [-0.05, 0) is 43.9 Å². The molecule has 104 valence electrons. The highest BCUT2D eigenvalue weighted by Crippen LogP contribution is 2.27. The summed E-state index contributed by atoms with van der Waals surface area (Å²) in [5, 5.41) is 0.498. The first-order chi connectivity index (χ1) is 9.11. The van der Waals surface area contributed by atoms with Crippen molar-refractivity contribution in [1.82, 2.24) is 4.90 Å².